The van der Waals surface area contributed by atoms with Gasteiger partial charge in [-0.15, -0.1) is 0 Å². The van der Waals surface area contributed by atoms with Crippen LogP contribution in [0.3, 0.4) is 0 Å². The van der Waals surface area contributed by atoms with E-state index in [1.165, 1.54) is 0 Å². The molecule has 134 valence electrons. The molecule has 0 aliphatic rings. The van der Waals surface area contributed by atoms with Crippen molar-refractivity contribution in [1.29, 1.82) is 5.26 Å². The van der Waals surface area contributed by atoms with E-state index in [0.717, 1.165) is 5.56 Å². The highest BCUT2D eigenvalue weighted by Crippen LogP contribution is 2.12. The SMILES string of the molecule is CNC(=O)c1ccc(CN(C)[C@@H](C)C(=O)Nc2ccc(C#N)cc2)cc1. The van der Waals surface area contributed by atoms with Crippen LogP contribution in [-0.2, 0) is 11.3 Å². The Morgan fingerprint density at radius 2 is 1.73 bits per heavy atom. The summed E-state index contributed by atoms with van der Waals surface area (Å²) in [6.45, 7) is 2.41. The maximum atomic E-state index is 12.4. The number of amides is 2. The highest BCUT2D eigenvalue weighted by molar-refractivity contribution is 5.94. The van der Waals surface area contributed by atoms with Crippen molar-refractivity contribution in [1.82, 2.24) is 10.2 Å². The zero-order chi connectivity index (χ0) is 19.1. The standard InChI is InChI=1S/C20H22N4O2/c1-14(19(25)23-18-10-6-15(12-21)7-11-18)24(3)13-16-4-8-17(9-5-16)20(26)22-2/h4-11,14H,13H2,1-3H3,(H,22,26)(H,23,25)/t14-/m0/s1. The highest BCUT2D eigenvalue weighted by Gasteiger charge is 2.18. The molecule has 0 bridgehead atoms. The van der Waals surface area contributed by atoms with Gasteiger partial charge in [0.05, 0.1) is 17.7 Å². The van der Waals surface area contributed by atoms with Crippen molar-refractivity contribution in [2.24, 2.45) is 0 Å². The van der Waals surface area contributed by atoms with Crippen molar-refractivity contribution in [2.45, 2.75) is 19.5 Å². The lowest BCUT2D eigenvalue weighted by molar-refractivity contribution is -0.120. The summed E-state index contributed by atoms with van der Waals surface area (Å²) >= 11 is 0. The van der Waals surface area contributed by atoms with Gasteiger partial charge in [0.2, 0.25) is 5.91 Å². The molecule has 2 aromatic rings. The minimum Gasteiger partial charge on any atom is -0.355 e. The Morgan fingerprint density at radius 3 is 2.27 bits per heavy atom. The van der Waals surface area contributed by atoms with Gasteiger partial charge in [0.25, 0.3) is 5.91 Å². The summed E-state index contributed by atoms with van der Waals surface area (Å²) in [6.07, 6.45) is 0. The number of carbonyl (C=O) groups is 2. The molecule has 0 saturated carbocycles. The third-order valence-electron chi connectivity index (χ3n) is 4.20. The molecule has 0 aliphatic heterocycles. The van der Waals surface area contributed by atoms with Gasteiger partial charge in [0.1, 0.15) is 0 Å². The van der Waals surface area contributed by atoms with E-state index in [9.17, 15) is 9.59 Å². The first-order chi connectivity index (χ1) is 12.4. The summed E-state index contributed by atoms with van der Waals surface area (Å²) in [6, 6.07) is 15.7. The highest BCUT2D eigenvalue weighted by atomic mass is 16.2. The molecular weight excluding hydrogens is 328 g/mol. The van der Waals surface area contributed by atoms with E-state index in [1.54, 1.807) is 43.4 Å². The van der Waals surface area contributed by atoms with E-state index < -0.39 is 0 Å². The number of nitriles is 1. The molecule has 26 heavy (non-hydrogen) atoms. The zero-order valence-electron chi connectivity index (χ0n) is 15.1. The topological polar surface area (TPSA) is 85.2 Å². The van der Waals surface area contributed by atoms with Crippen LogP contribution in [0.25, 0.3) is 0 Å². The van der Waals surface area contributed by atoms with Crippen LogP contribution in [0.4, 0.5) is 5.69 Å². The van der Waals surface area contributed by atoms with Crippen molar-refractivity contribution < 1.29 is 9.59 Å². The van der Waals surface area contributed by atoms with Gasteiger partial charge in [0, 0.05) is 24.8 Å². The number of nitrogens with zero attached hydrogens (tertiary/aromatic N) is 2. The smallest absolute Gasteiger partial charge is 0.251 e. The largest absolute Gasteiger partial charge is 0.355 e. The Kier molecular flexibility index (Phi) is 6.48. The first-order valence-corrected chi connectivity index (χ1v) is 8.27. The normalized spacial score (nSPS) is 11.5. The molecule has 0 heterocycles. The molecule has 0 aliphatic carbocycles. The van der Waals surface area contributed by atoms with Crippen molar-refractivity contribution in [3.8, 4) is 6.07 Å². The third-order valence-corrected chi connectivity index (χ3v) is 4.20. The average Bonchev–Trinajstić information content (AvgIpc) is 2.67. The van der Waals surface area contributed by atoms with E-state index in [4.69, 9.17) is 5.26 Å². The molecule has 2 amide bonds. The number of anilines is 1. The van der Waals surface area contributed by atoms with Crippen LogP contribution in [0.15, 0.2) is 48.5 Å². The molecule has 0 unspecified atom stereocenters. The lowest BCUT2D eigenvalue weighted by atomic mass is 10.1. The maximum Gasteiger partial charge on any atom is 0.251 e. The predicted molar refractivity (Wildman–Crippen MR) is 101 cm³/mol. The Bertz CT molecular complexity index is 807. The first-order valence-electron chi connectivity index (χ1n) is 8.27. The summed E-state index contributed by atoms with van der Waals surface area (Å²) in [5.74, 6) is -0.251. The molecule has 0 saturated heterocycles. The van der Waals surface area contributed by atoms with Gasteiger partial charge in [0.15, 0.2) is 0 Å². The lowest BCUT2D eigenvalue weighted by Gasteiger charge is -2.24. The summed E-state index contributed by atoms with van der Waals surface area (Å²) in [5.41, 5.74) is 2.82. The van der Waals surface area contributed by atoms with Gasteiger partial charge < -0.3 is 10.6 Å². The van der Waals surface area contributed by atoms with Crippen LogP contribution in [-0.4, -0.2) is 36.9 Å². The molecule has 0 spiro atoms. The monoisotopic (exact) mass is 350 g/mol. The van der Waals surface area contributed by atoms with Gasteiger partial charge in [-0.3, -0.25) is 14.5 Å². The van der Waals surface area contributed by atoms with Crippen molar-refractivity contribution in [3.63, 3.8) is 0 Å². The average molecular weight is 350 g/mol. The number of hydrogen-bond acceptors (Lipinski definition) is 4. The fourth-order valence-electron chi connectivity index (χ4n) is 2.41. The van der Waals surface area contributed by atoms with E-state index in [-0.39, 0.29) is 17.9 Å². The van der Waals surface area contributed by atoms with E-state index in [1.807, 2.05) is 37.1 Å². The summed E-state index contributed by atoms with van der Waals surface area (Å²) in [7, 11) is 3.47. The second-order valence-electron chi connectivity index (χ2n) is 6.05. The fourth-order valence-corrected chi connectivity index (χ4v) is 2.41. The quantitative estimate of drug-likeness (QED) is 0.838. The number of nitrogens with one attached hydrogen (secondary N) is 2. The molecule has 6 heteroatoms. The summed E-state index contributed by atoms with van der Waals surface area (Å²) in [5, 5.41) is 14.2. The molecule has 2 aromatic carbocycles. The number of benzene rings is 2. The van der Waals surface area contributed by atoms with Crippen LogP contribution in [0.1, 0.15) is 28.4 Å². The van der Waals surface area contributed by atoms with E-state index in [2.05, 4.69) is 10.6 Å². The van der Waals surface area contributed by atoms with Crippen LogP contribution in [0, 0.1) is 11.3 Å². The number of likely N-dealkylation sites (N-methyl/N-ethyl adjacent to an activating group) is 1. The Morgan fingerprint density at radius 1 is 1.12 bits per heavy atom. The molecule has 0 aromatic heterocycles. The van der Waals surface area contributed by atoms with Crippen LogP contribution in [0.5, 0.6) is 0 Å². The minimum atomic E-state index is -0.343. The number of hydrogen-bond donors (Lipinski definition) is 2. The van der Waals surface area contributed by atoms with Crippen molar-refractivity contribution in [2.75, 3.05) is 19.4 Å². The number of carbonyl (C=O) groups excluding carboxylic acids is 2. The number of rotatable bonds is 6. The fraction of sp³-hybridized carbons (Fsp3) is 0.250. The van der Waals surface area contributed by atoms with Gasteiger partial charge >= 0.3 is 0 Å². The van der Waals surface area contributed by atoms with E-state index in [0.29, 0.717) is 23.4 Å². The Hall–Kier alpha value is -3.17. The van der Waals surface area contributed by atoms with Gasteiger partial charge in [-0.2, -0.15) is 5.26 Å². The van der Waals surface area contributed by atoms with Gasteiger partial charge in [-0.05, 0) is 55.9 Å². The van der Waals surface area contributed by atoms with Gasteiger partial charge in [-0.1, -0.05) is 12.1 Å². The van der Waals surface area contributed by atoms with Crippen molar-refractivity contribution in [3.05, 3.63) is 65.2 Å². The molecule has 6 nitrogen and oxygen atoms in total. The lowest BCUT2D eigenvalue weighted by Crippen LogP contribution is -2.39. The van der Waals surface area contributed by atoms with E-state index >= 15 is 0 Å². The summed E-state index contributed by atoms with van der Waals surface area (Å²) in [4.78, 5) is 25.9. The van der Waals surface area contributed by atoms with Crippen LogP contribution < -0.4 is 10.6 Å². The Balaban J connectivity index is 1.95. The predicted octanol–water partition coefficient (Wildman–Crippen LogP) is 2.38. The van der Waals surface area contributed by atoms with Crippen molar-refractivity contribution >= 4 is 17.5 Å². The maximum absolute atomic E-state index is 12.4. The molecule has 1 atom stereocenters. The second-order valence-corrected chi connectivity index (χ2v) is 6.05. The molecule has 0 radical (unpaired) electrons. The minimum absolute atomic E-state index is 0.125. The Labute approximate surface area is 153 Å². The zero-order valence-corrected chi connectivity index (χ0v) is 15.1. The summed E-state index contributed by atoms with van der Waals surface area (Å²) < 4.78 is 0. The third kappa shape index (κ3) is 4.91. The van der Waals surface area contributed by atoms with Crippen LogP contribution >= 0.6 is 0 Å². The molecular formula is C20H22N4O2. The first kappa shape index (κ1) is 19.2. The molecule has 2 rings (SSSR count). The van der Waals surface area contributed by atoms with Gasteiger partial charge in [-0.25, -0.2) is 0 Å². The van der Waals surface area contributed by atoms with Crippen LogP contribution in [0.2, 0.25) is 0 Å². The molecule has 0 fully saturated rings. The second kappa shape index (κ2) is 8.79. The molecule has 2 N–H and O–H groups in total.